The molecule has 0 bridgehead atoms. The van der Waals surface area contributed by atoms with Crippen molar-refractivity contribution in [1.82, 2.24) is 14.9 Å². The fraction of sp³-hybridized carbons (Fsp3) is 0.227. The molecule has 0 radical (unpaired) electrons. The minimum Gasteiger partial charge on any atom is -0.341 e. The third-order valence-electron chi connectivity index (χ3n) is 3.90. The topological polar surface area (TPSA) is 31.9 Å². The summed E-state index contributed by atoms with van der Waals surface area (Å²) in [6.07, 6.45) is 1.72. The number of H-pyrrole nitrogens is 1. The van der Waals surface area contributed by atoms with Gasteiger partial charge in [-0.15, -0.1) is 0 Å². The van der Waals surface area contributed by atoms with Gasteiger partial charge in [0.15, 0.2) is 0 Å². The Labute approximate surface area is 168 Å². The molecule has 0 unspecified atom stereocenters. The number of rotatable bonds is 6. The van der Waals surface area contributed by atoms with Gasteiger partial charge in [-0.2, -0.15) is 0 Å². The molecule has 3 aromatic rings. The van der Waals surface area contributed by atoms with Crippen LogP contribution in [0.2, 0.25) is 0 Å². The lowest BCUT2D eigenvalue weighted by Gasteiger charge is -2.19. The number of hydrogen-bond donors (Lipinski definition) is 1. The van der Waals surface area contributed by atoms with Crippen molar-refractivity contribution in [3.05, 3.63) is 72.2 Å². The van der Waals surface area contributed by atoms with Crippen LogP contribution >= 0.6 is 11.8 Å². The van der Waals surface area contributed by atoms with Gasteiger partial charge in [0.05, 0.1) is 25.0 Å². The molecule has 0 fully saturated rings. The van der Waals surface area contributed by atoms with Crippen LogP contribution in [0.3, 0.4) is 0 Å². The minimum atomic E-state index is -2.72. The Morgan fingerprint density at radius 3 is 2.50 bits per heavy atom. The van der Waals surface area contributed by atoms with Crippen molar-refractivity contribution >= 4 is 11.8 Å². The van der Waals surface area contributed by atoms with E-state index in [0.29, 0.717) is 12.4 Å². The van der Waals surface area contributed by atoms with Gasteiger partial charge in [0, 0.05) is 17.4 Å². The third-order valence-corrected chi connectivity index (χ3v) is 4.61. The van der Waals surface area contributed by atoms with Crippen LogP contribution in [-0.4, -0.2) is 34.4 Å². The highest BCUT2D eigenvalue weighted by Gasteiger charge is 2.23. The maximum Gasteiger partial charge on any atom is 0.257 e. The Morgan fingerprint density at radius 1 is 1.11 bits per heavy atom. The average molecular weight is 397 g/mol. The molecule has 0 saturated heterocycles. The summed E-state index contributed by atoms with van der Waals surface area (Å²) >= 11 is 1.49. The Morgan fingerprint density at radius 2 is 1.82 bits per heavy atom. The summed E-state index contributed by atoms with van der Waals surface area (Å²) in [5.41, 5.74) is 2.75. The molecule has 3 rings (SSSR count). The number of hydrogen-bond acceptors (Lipinski definition) is 3. The second-order valence-electron chi connectivity index (χ2n) is 6.71. The molecular weight excluding hydrogens is 376 g/mol. The van der Waals surface area contributed by atoms with E-state index < -0.39 is 5.92 Å². The summed E-state index contributed by atoms with van der Waals surface area (Å²) < 4.78 is 26.2. The first kappa shape index (κ1) is 20.1. The quantitative estimate of drug-likeness (QED) is 0.455. The van der Waals surface area contributed by atoms with Crippen LogP contribution in [0.15, 0.2) is 65.7 Å². The number of imidazole rings is 1. The Kier molecular flexibility index (Phi) is 6.50. The fourth-order valence-corrected chi connectivity index (χ4v) is 3.32. The van der Waals surface area contributed by atoms with Crippen LogP contribution in [0.5, 0.6) is 0 Å². The van der Waals surface area contributed by atoms with Gasteiger partial charge < -0.3 is 4.98 Å². The van der Waals surface area contributed by atoms with E-state index in [0.717, 1.165) is 28.6 Å². The van der Waals surface area contributed by atoms with E-state index in [1.165, 1.54) is 11.8 Å². The van der Waals surface area contributed by atoms with Crippen molar-refractivity contribution in [3.63, 3.8) is 0 Å². The lowest BCUT2D eigenvalue weighted by molar-refractivity contribution is -0.0101. The summed E-state index contributed by atoms with van der Waals surface area (Å²) in [6.45, 7) is 0.945. The Hall–Kier alpha value is -2.62. The monoisotopic (exact) mass is 397 g/mol. The normalized spacial score (nSPS) is 11.3. The number of nitrogens with one attached hydrogen (secondary N) is 1. The highest BCUT2D eigenvalue weighted by atomic mass is 32.2. The summed E-state index contributed by atoms with van der Waals surface area (Å²) in [6, 6.07) is 17.9. The zero-order valence-electron chi connectivity index (χ0n) is 15.7. The van der Waals surface area contributed by atoms with Gasteiger partial charge in [-0.3, -0.25) is 4.90 Å². The molecule has 0 aliphatic rings. The standard InChI is InChI=1S/C22H21F2N3S/c1-22(23,24)16-27(2)15-21-25-14-20(26-21)18-10-8-17(9-11-18)12-13-28-19-6-4-3-5-7-19/h3-11,14H,15-16H2,1-2H3,(H,25,26). The zero-order valence-corrected chi connectivity index (χ0v) is 16.6. The van der Waals surface area contributed by atoms with E-state index in [9.17, 15) is 8.78 Å². The number of nitrogens with zero attached hydrogens (tertiary/aromatic N) is 2. The van der Waals surface area contributed by atoms with Crippen molar-refractivity contribution in [2.75, 3.05) is 13.6 Å². The lowest BCUT2D eigenvalue weighted by Crippen LogP contribution is -2.31. The SMILES string of the molecule is CN(Cc1ncc(-c2ccc(C#CSc3ccccc3)cc2)[nH]1)CC(C)(F)F. The molecule has 1 N–H and O–H groups in total. The molecule has 3 nitrogen and oxygen atoms in total. The van der Waals surface area contributed by atoms with Crippen LogP contribution in [0, 0.1) is 11.2 Å². The van der Waals surface area contributed by atoms with Crippen LogP contribution in [0.1, 0.15) is 18.3 Å². The van der Waals surface area contributed by atoms with E-state index in [1.807, 2.05) is 54.6 Å². The largest absolute Gasteiger partial charge is 0.341 e. The van der Waals surface area contributed by atoms with Gasteiger partial charge in [0.1, 0.15) is 5.82 Å². The smallest absolute Gasteiger partial charge is 0.257 e. The highest BCUT2D eigenvalue weighted by Crippen LogP contribution is 2.20. The van der Waals surface area contributed by atoms with Crippen LogP contribution in [0.4, 0.5) is 8.78 Å². The number of thioether (sulfide) groups is 1. The van der Waals surface area contributed by atoms with Crippen molar-refractivity contribution in [2.24, 2.45) is 0 Å². The molecule has 1 aromatic heterocycles. The van der Waals surface area contributed by atoms with E-state index in [-0.39, 0.29) is 6.54 Å². The second kappa shape index (κ2) is 9.05. The average Bonchev–Trinajstić information content (AvgIpc) is 3.10. The summed E-state index contributed by atoms with van der Waals surface area (Å²) in [5, 5.41) is 3.10. The van der Waals surface area contributed by atoms with Gasteiger partial charge in [0.25, 0.3) is 5.92 Å². The number of aromatic nitrogens is 2. The molecule has 0 aliphatic heterocycles. The lowest BCUT2D eigenvalue weighted by atomic mass is 10.1. The van der Waals surface area contributed by atoms with Gasteiger partial charge in [-0.1, -0.05) is 36.3 Å². The molecule has 2 aromatic carbocycles. The zero-order chi connectivity index (χ0) is 20.0. The molecule has 0 spiro atoms. The first-order valence-electron chi connectivity index (χ1n) is 8.83. The maximum absolute atomic E-state index is 13.1. The summed E-state index contributed by atoms with van der Waals surface area (Å²) in [7, 11) is 1.65. The number of benzene rings is 2. The number of halogens is 2. The van der Waals surface area contributed by atoms with E-state index in [1.54, 1.807) is 18.1 Å². The van der Waals surface area contributed by atoms with Gasteiger partial charge in [0.2, 0.25) is 0 Å². The van der Waals surface area contributed by atoms with Crippen LogP contribution in [-0.2, 0) is 6.54 Å². The molecule has 0 amide bonds. The molecule has 6 heteroatoms. The van der Waals surface area contributed by atoms with E-state index in [4.69, 9.17) is 0 Å². The molecule has 0 aliphatic carbocycles. The Balaban J connectivity index is 1.60. The summed E-state index contributed by atoms with van der Waals surface area (Å²) in [4.78, 5) is 10.1. The van der Waals surface area contributed by atoms with E-state index in [2.05, 4.69) is 21.1 Å². The predicted molar refractivity (Wildman–Crippen MR) is 110 cm³/mol. The molecular formula is C22H21F2N3S. The van der Waals surface area contributed by atoms with Crippen LogP contribution < -0.4 is 0 Å². The number of aromatic amines is 1. The maximum atomic E-state index is 13.1. The second-order valence-corrected chi connectivity index (χ2v) is 7.59. The van der Waals surface area contributed by atoms with Crippen molar-refractivity contribution in [3.8, 4) is 22.4 Å². The first-order chi connectivity index (χ1) is 13.4. The van der Waals surface area contributed by atoms with Gasteiger partial charge >= 0.3 is 0 Å². The van der Waals surface area contributed by atoms with Gasteiger partial charge in [-0.25, -0.2) is 13.8 Å². The molecule has 144 valence electrons. The first-order valence-corrected chi connectivity index (χ1v) is 9.64. The molecule has 0 saturated carbocycles. The molecule has 28 heavy (non-hydrogen) atoms. The van der Waals surface area contributed by atoms with Crippen molar-refractivity contribution in [1.29, 1.82) is 0 Å². The number of alkyl halides is 2. The fourth-order valence-electron chi connectivity index (χ4n) is 2.74. The highest BCUT2D eigenvalue weighted by molar-refractivity contribution is 8.03. The predicted octanol–water partition coefficient (Wildman–Crippen LogP) is 5.27. The minimum absolute atomic E-state index is 0.308. The third kappa shape index (κ3) is 6.22. The Bertz CT molecular complexity index is 951. The van der Waals surface area contributed by atoms with Crippen LogP contribution in [0.25, 0.3) is 11.3 Å². The van der Waals surface area contributed by atoms with Crippen molar-refractivity contribution < 1.29 is 8.78 Å². The van der Waals surface area contributed by atoms with Crippen molar-refractivity contribution in [2.45, 2.75) is 24.3 Å². The summed E-state index contributed by atoms with van der Waals surface area (Å²) in [5.74, 6) is 1.07. The molecule has 0 atom stereocenters. The molecule has 1 heterocycles. The van der Waals surface area contributed by atoms with Gasteiger partial charge in [-0.05, 0) is 53.9 Å². The van der Waals surface area contributed by atoms with E-state index >= 15 is 0 Å².